The third-order valence-corrected chi connectivity index (χ3v) is 7.21. The fourth-order valence-electron chi connectivity index (χ4n) is 4.24. The molecule has 1 fully saturated rings. The minimum Gasteiger partial charge on any atom is -0.508 e. The lowest BCUT2D eigenvalue weighted by molar-refractivity contribution is -0.127. The van der Waals surface area contributed by atoms with Crippen LogP contribution in [0, 0.1) is 0 Å². The molecule has 4 aromatic rings. The molecule has 1 saturated heterocycles. The van der Waals surface area contributed by atoms with Crippen molar-refractivity contribution in [3.05, 3.63) is 76.6 Å². The Morgan fingerprint density at radius 1 is 1.18 bits per heavy atom. The number of thiophene rings is 1. The van der Waals surface area contributed by atoms with E-state index in [1.807, 2.05) is 17.5 Å². The zero-order chi connectivity index (χ0) is 26.5. The quantitative estimate of drug-likeness (QED) is 0.323. The molecule has 3 heterocycles. The number of phenols is 1. The van der Waals surface area contributed by atoms with Gasteiger partial charge in [-0.25, -0.2) is 0 Å². The first kappa shape index (κ1) is 25.8. The van der Waals surface area contributed by atoms with Gasteiger partial charge in [0.15, 0.2) is 0 Å². The third-order valence-electron chi connectivity index (χ3n) is 6.09. The van der Waals surface area contributed by atoms with Crippen molar-refractivity contribution in [1.82, 2.24) is 25.5 Å². The summed E-state index contributed by atoms with van der Waals surface area (Å²) < 4.78 is 5.65. The minimum atomic E-state index is -1.05. The van der Waals surface area contributed by atoms with Crippen molar-refractivity contribution in [1.29, 1.82) is 0 Å². The fraction of sp³-hybridized carbons (Fsp3) is 0.269. The summed E-state index contributed by atoms with van der Waals surface area (Å²) in [5.74, 6) is -0.368. The van der Waals surface area contributed by atoms with Crippen LogP contribution in [0.3, 0.4) is 0 Å². The molecule has 0 saturated carbocycles. The number of carbonyl (C=O) groups is 2. The summed E-state index contributed by atoms with van der Waals surface area (Å²) in [6.07, 6.45) is 1.72. The lowest BCUT2D eigenvalue weighted by Crippen LogP contribution is -2.46. The Hall–Kier alpha value is -3.80. The van der Waals surface area contributed by atoms with E-state index in [9.17, 15) is 14.7 Å². The van der Waals surface area contributed by atoms with E-state index in [2.05, 4.69) is 20.7 Å². The standard InChI is InChI=1S/C26H25ClN6O4S/c27-18-7-9-19(10-8-18)33(23(35)16-32-30-25(29-31-32)22-4-2-14-38-22)24(17-5-11-20(34)12-6-17)26(36)28-15-21-3-1-13-37-21/h2,4-12,14,21,24,34H,1,3,13,15-16H2,(H,28,36). The van der Waals surface area contributed by atoms with Crippen LogP contribution in [0.15, 0.2) is 66.0 Å². The minimum absolute atomic E-state index is 0.0459. The number of hydrogen-bond acceptors (Lipinski definition) is 8. The largest absolute Gasteiger partial charge is 0.508 e. The monoisotopic (exact) mass is 552 g/mol. The molecule has 1 aliphatic rings. The summed E-state index contributed by atoms with van der Waals surface area (Å²) in [5, 5.41) is 27.6. The molecule has 2 unspecified atom stereocenters. The zero-order valence-corrected chi connectivity index (χ0v) is 21.8. The topological polar surface area (TPSA) is 122 Å². The number of aromatic nitrogens is 4. The van der Waals surface area contributed by atoms with Gasteiger partial charge in [0.25, 0.3) is 5.91 Å². The Labute approximate surface area is 227 Å². The SMILES string of the molecule is O=C(NCC1CCCO1)C(c1ccc(O)cc1)N(C(=O)Cn1nnc(-c2cccs2)n1)c1ccc(Cl)cc1. The molecule has 0 radical (unpaired) electrons. The molecule has 5 rings (SSSR count). The van der Waals surface area contributed by atoms with Crippen LogP contribution in [0.25, 0.3) is 10.7 Å². The Morgan fingerprint density at radius 2 is 1.97 bits per heavy atom. The highest BCUT2D eigenvalue weighted by molar-refractivity contribution is 7.13. The van der Waals surface area contributed by atoms with E-state index >= 15 is 0 Å². The lowest BCUT2D eigenvalue weighted by atomic mass is 10.0. The first-order valence-electron chi connectivity index (χ1n) is 12.1. The summed E-state index contributed by atoms with van der Waals surface area (Å²) in [5.41, 5.74) is 0.977. The Kier molecular flexibility index (Phi) is 7.97. The smallest absolute Gasteiger partial charge is 0.251 e. The van der Waals surface area contributed by atoms with Gasteiger partial charge in [-0.2, -0.15) is 4.80 Å². The molecule has 38 heavy (non-hydrogen) atoms. The Bertz CT molecular complexity index is 1370. The lowest BCUT2D eigenvalue weighted by Gasteiger charge is -2.31. The summed E-state index contributed by atoms with van der Waals surface area (Å²) in [6, 6.07) is 15.5. The van der Waals surface area contributed by atoms with Crippen molar-refractivity contribution in [2.45, 2.75) is 31.5 Å². The number of tetrazole rings is 1. The Morgan fingerprint density at radius 3 is 2.66 bits per heavy atom. The molecule has 196 valence electrons. The molecular formula is C26H25ClN6O4S. The highest BCUT2D eigenvalue weighted by Gasteiger charge is 2.34. The van der Waals surface area contributed by atoms with Gasteiger partial charge in [-0.1, -0.05) is 29.8 Å². The molecule has 1 aliphatic heterocycles. The molecule has 0 aliphatic carbocycles. The second-order valence-electron chi connectivity index (χ2n) is 8.74. The third kappa shape index (κ3) is 6.01. The number of rotatable bonds is 9. The number of hydrogen-bond donors (Lipinski definition) is 2. The fourth-order valence-corrected chi connectivity index (χ4v) is 5.02. The summed E-state index contributed by atoms with van der Waals surface area (Å²) in [4.78, 5) is 31.0. The maximum Gasteiger partial charge on any atom is 0.251 e. The summed E-state index contributed by atoms with van der Waals surface area (Å²) >= 11 is 7.59. The van der Waals surface area contributed by atoms with Crippen molar-refractivity contribution < 1.29 is 19.4 Å². The van der Waals surface area contributed by atoms with Crippen LogP contribution in [0.4, 0.5) is 5.69 Å². The van der Waals surface area contributed by atoms with Gasteiger partial charge in [-0.05, 0) is 71.5 Å². The second-order valence-corrected chi connectivity index (χ2v) is 10.1. The van der Waals surface area contributed by atoms with Crippen molar-refractivity contribution >= 4 is 40.4 Å². The van der Waals surface area contributed by atoms with Crippen LogP contribution in [-0.2, 0) is 20.9 Å². The van der Waals surface area contributed by atoms with Gasteiger partial charge in [0, 0.05) is 23.9 Å². The molecule has 2 amide bonds. The molecule has 2 N–H and O–H groups in total. The number of ether oxygens (including phenoxy) is 1. The maximum absolute atomic E-state index is 13.9. The zero-order valence-electron chi connectivity index (χ0n) is 20.2. The van der Waals surface area contributed by atoms with Crippen LogP contribution in [0.2, 0.25) is 5.02 Å². The average Bonchev–Trinajstić information content (AvgIpc) is 3.70. The van der Waals surface area contributed by atoms with E-state index in [0.717, 1.165) is 17.7 Å². The van der Waals surface area contributed by atoms with Crippen LogP contribution >= 0.6 is 22.9 Å². The van der Waals surface area contributed by atoms with Crippen molar-refractivity contribution in [2.75, 3.05) is 18.1 Å². The number of nitrogens with one attached hydrogen (secondary N) is 1. The van der Waals surface area contributed by atoms with Gasteiger partial charge in [-0.15, -0.1) is 21.5 Å². The molecule has 2 aromatic carbocycles. The predicted molar refractivity (Wildman–Crippen MR) is 143 cm³/mol. The van der Waals surface area contributed by atoms with Crippen molar-refractivity contribution in [2.24, 2.45) is 0 Å². The molecule has 12 heteroatoms. The van der Waals surface area contributed by atoms with Crippen molar-refractivity contribution in [3.63, 3.8) is 0 Å². The van der Waals surface area contributed by atoms with Gasteiger partial charge in [0.05, 0.1) is 11.0 Å². The molecule has 2 aromatic heterocycles. The van der Waals surface area contributed by atoms with E-state index in [1.54, 1.807) is 36.4 Å². The van der Waals surface area contributed by atoms with E-state index in [1.165, 1.54) is 33.2 Å². The summed E-state index contributed by atoms with van der Waals surface area (Å²) in [7, 11) is 0. The van der Waals surface area contributed by atoms with Crippen LogP contribution in [0.5, 0.6) is 5.75 Å². The Balaban J connectivity index is 1.48. The molecule has 2 atom stereocenters. The number of amides is 2. The number of aromatic hydroxyl groups is 1. The van der Waals surface area contributed by atoms with Crippen LogP contribution in [0.1, 0.15) is 24.4 Å². The van der Waals surface area contributed by atoms with E-state index in [0.29, 0.717) is 35.2 Å². The van der Waals surface area contributed by atoms with Gasteiger partial charge in [0.2, 0.25) is 11.7 Å². The summed E-state index contributed by atoms with van der Waals surface area (Å²) in [6.45, 7) is 0.731. The van der Waals surface area contributed by atoms with Gasteiger partial charge in [-0.3, -0.25) is 14.5 Å². The number of benzene rings is 2. The number of halogens is 1. The normalized spacial score (nSPS) is 15.8. The second kappa shape index (κ2) is 11.7. The first-order chi connectivity index (χ1) is 18.5. The van der Waals surface area contributed by atoms with Crippen LogP contribution in [-0.4, -0.2) is 56.4 Å². The molecule has 0 spiro atoms. The molecular weight excluding hydrogens is 528 g/mol. The van der Waals surface area contributed by atoms with Gasteiger partial charge in [0.1, 0.15) is 18.3 Å². The number of carbonyl (C=O) groups excluding carboxylic acids is 2. The van der Waals surface area contributed by atoms with Gasteiger partial charge >= 0.3 is 0 Å². The first-order valence-corrected chi connectivity index (χ1v) is 13.3. The maximum atomic E-state index is 13.9. The number of phenolic OH excluding ortho intramolecular Hbond substituents is 1. The number of anilines is 1. The average molecular weight is 553 g/mol. The number of nitrogens with zero attached hydrogens (tertiary/aromatic N) is 5. The van der Waals surface area contributed by atoms with E-state index in [4.69, 9.17) is 16.3 Å². The highest BCUT2D eigenvalue weighted by atomic mass is 35.5. The predicted octanol–water partition coefficient (Wildman–Crippen LogP) is 3.83. The van der Waals surface area contributed by atoms with Crippen molar-refractivity contribution in [3.8, 4) is 16.5 Å². The van der Waals surface area contributed by atoms with E-state index in [-0.39, 0.29) is 24.3 Å². The van der Waals surface area contributed by atoms with E-state index < -0.39 is 11.9 Å². The molecule has 0 bridgehead atoms. The van der Waals surface area contributed by atoms with Gasteiger partial charge < -0.3 is 15.2 Å². The highest BCUT2D eigenvalue weighted by Crippen LogP contribution is 2.30. The molecule has 10 nitrogen and oxygen atoms in total. The van der Waals surface area contributed by atoms with Crippen LogP contribution < -0.4 is 10.2 Å².